The number of nitrogen functional groups attached to an aromatic ring is 1. The Bertz CT molecular complexity index is 517. The molecule has 2 aromatic rings. The van der Waals surface area contributed by atoms with E-state index in [-0.39, 0.29) is 0 Å². The fourth-order valence-electron chi connectivity index (χ4n) is 1.84. The third kappa shape index (κ3) is 2.61. The molecule has 0 saturated heterocycles. The average molecular weight is 250 g/mol. The number of aromatic nitrogens is 2. The Hall–Kier alpha value is -1.48. The second kappa shape index (κ2) is 4.80. The van der Waals surface area contributed by atoms with Crippen LogP contribution in [0, 0.1) is 0 Å². The molecule has 17 heavy (non-hydrogen) atoms. The van der Waals surface area contributed by atoms with E-state index < -0.39 is 0 Å². The lowest BCUT2D eigenvalue weighted by atomic mass is 10.1. The number of anilines is 1. The van der Waals surface area contributed by atoms with Gasteiger partial charge in [0.15, 0.2) is 0 Å². The number of nitrogens with zero attached hydrogens (tertiary/aromatic N) is 2. The van der Waals surface area contributed by atoms with Crippen LogP contribution in [0.3, 0.4) is 0 Å². The number of hydrogen-bond donors (Lipinski definition) is 1. The summed E-state index contributed by atoms with van der Waals surface area (Å²) in [6.45, 7) is 5.04. The normalized spacial score (nSPS) is 11.1. The van der Waals surface area contributed by atoms with Gasteiger partial charge < -0.3 is 10.3 Å². The monoisotopic (exact) mass is 249 g/mol. The smallest absolute Gasteiger partial charge is 0.111 e. The molecule has 1 aromatic heterocycles. The second-order valence-corrected chi connectivity index (χ2v) is 4.83. The van der Waals surface area contributed by atoms with Gasteiger partial charge in [-0.1, -0.05) is 31.5 Å². The first-order valence-electron chi connectivity index (χ1n) is 5.63. The van der Waals surface area contributed by atoms with E-state index >= 15 is 0 Å². The molecule has 0 unspecified atom stereocenters. The highest BCUT2D eigenvalue weighted by Crippen LogP contribution is 2.21. The summed E-state index contributed by atoms with van der Waals surface area (Å²) in [6, 6.07) is 5.73. The average Bonchev–Trinajstić information content (AvgIpc) is 2.72. The van der Waals surface area contributed by atoms with Gasteiger partial charge in [0.25, 0.3) is 0 Å². The van der Waals surface area contributed by atoms with E-state index in [9.17, 15) is 0 Å². The Balaban J connectivity index is 2.25. The SMILES string of the molecule is CC(C)c1nccn1Cc1ccc(Cl)c(N)c1. The zero-order chi connectivity index (χ0) is 12.4. The maximum atomic E-state index is 5.90. The molecule has 1 heterocycles. The van der Waals surface area contributed by atoms with Crippen LogP contribution in [-0.2, 0) is 6.54 Å². The molecule has 3 nitrogen and oxygen atoms in total. The largest absolute Gasteiger partial charge is 0.398 e. The Morgan fingerprint density at radius 1 is 1.41 bits per heavy atom. The number of halogens is 1. The molecule has 0 fully saturated rings. The van der Waals surface area contributed by atoms with Gasteiger partial charge in [-0.05, 0) is 17.7 Å². The summed E-state index contributed by atoms with van der Waals surface area (Å²) in [5, 5.41) is 0.600. The maximum Gasteiger partial charge on any atom is 0.111 e. The van der Waals surface area contributed by atoms with Crippen LogP contribution < -0.4 is 5.73 Å². The van der Waals surface area contributed by atoms with Crippen LogP contribution in [0.15, 0.2) is 30.6 Å². The molecule has 4 heteroatoms. The molecule has 2 rings (SSSR count). The fourth-order valence-corrected chi connectivity index (χ4v) is 1.96. The quantitative estimate of drug-likeness (QED) is 0.849. The van der Waals surface area contributed by atoms with Gasteiger partial charge in [-0.25, -0.2) is 4.98 Å². The van der Waals surface area contributed by atoms with Gasteiger partial charge in [0, 0.05) is 24.9 Å². The molecule has 0 amide bonds. The van der Waals surface area contributed by atoms with Crippen LogP contribution in [0.5, 0.6) is 0 Å². The third-order valence-electron chi connectivity index (χ3n) is 2.68. The van der Waals surface area contributed by atoms with Crippen LogP contribution in [0.4, 0.5) is 5.69 Å². The molecule has 0 aliphatic rings. The van der Waals surface area contributed by atoms with Crippen molar-refractivity contribution in [1.29, 1.82) is 0 Å². The molecular weight excluding hydrogens is 234 g/mol. The Morgan fingerprint density at radius 3 is 2.82 bits per heavy atom. The van der Waals surface area contributed by atoms with Crippen molar-refractivity contribution in [3.8, 4) is 0 Å². The summed E-state index contributed by atoms with van der Waals surface area (Å²) in [4.78, 5) is 4.36. The summed E-state index contributed by atoms with van der Waals surface area (Å²) in [6.07, 6.45) is 3.81. The zero-order valence-electron chi connectivity index (χ0n) is 10.0. The Labute approximate surface area is 106 Å². The van der Waals surface area contributed by atoms with Gasteiger partial charge >= 0.3 is 0 Å². The molecule has 2 N–H and O–H groups in total. The minimum Gasteiger partial charge on any atom is -0.398 e. The molecular formula is C13H16ClN3. The number of rotatable bonds is 3. The minimum absolute atomic E-state index is 0.412. The Morgan fingerprint density at radius 2 is 2.18 bits per heavy atom. The molecule has 0 aliphatic heterocycles. The van der Waals surface area contributed by atoms with Crippen molar-refractivity contribution in [2.24, 2.45) is 0 Å². The summed E-state index contributed by atoms with van der Waals surface area (Å²) >= 11 is 5.90. The first kappa shape index (κ1) is 12.0. The van der Waals surface area contributed by atoms with Crippen LogP contribution >= 0.6 is 11.6 Å². The van der Waals surface area contributed by atoms with Crippen LogP contribution in [0.1, 0.15) is 31.2 Å². The van der Waals surface area contributed by atoms with Crippen molar-refractivity contribution in [3.63, 3.8) is 0 Å². The van der Waals surface area contributed by atoms with Gasteiger partial charge in [0.05, 0.1) is 10.7 Å². The number of benzene rings is 1. The molecule has 0 atom stereocenters. The molecule has 0 saturated carbocycles. The predicted octanol–water partition coefficient (Wildman–Crippen LogP) is 3.29. The summed E-state index contributed by atoms with van der Waals surface area (Å²) in [7, 11) is 0. The van der Waals surface area contributed by atoms with Crippen molar-refractivity contribution in [3.05, 3.63) is 47.0 Å². The molecule has 1 aromatic carbocycles. The van der Waals surface area contributed by atoms with Crippen molar-refractivity contribution in [2.75, 3.05) is 5.73 Å². The van der Waals surface area contributed by atoms with Crippen molar-refractivity contribution in [1.82, 2.24) is 9.55 Å². The van der Waals surface area contributed by atoms with E-state index in [4.69, 9.17) is 17.3 Å². The highest BCUT2D eigenvalue weighted by Gasteiger charge is 2.07. The first-order chi connectivity index (χ1) is 8.08. The third-order valence-corrected chi connectivity index (χ3v) is 3.02. The zero-order valence-corrected chi connectivity index (χ0v) is 10.8. The topological polar surface area (TPSA) is 43.8 Å². The van der Waals surface area contributed by atoms with Crippen LogP contribution in [0.2, 0.25) is 5.02 Å². The van der Waals surface area contributed by atoms with E-state index in [1.807, 2.05) is 30.6 Å². The molecule has 0 aliphatic carbocycles. The lowest BCUT2D eigenvalue weighted by Gasteiger charge is -2.11. The molecule has 0 radical (unpaired) electrons. The van der Waals surface area contributed by atoms with Gasteiger partial charge in [0.1, 0.15) is 5.82 Å². The van der Waals surface area contributed by atoms with Crippen molar-refractivity contribution < 1.29 is 0 Å². The van der Waals surface area contributed by atoms with Gasteiger partial charge in [0.2, 0.25) is 0 Å². The second-order valence-electron chi connectivity index (χ2n) is 4.42. The van der Waals surface area contributed by atoms with Gasteiger partial charge in [-0.2, -0.15) is 0 Å². The van der Waals surface area contributed by atoms with Crippen LogP contribution in [0.25, 0.3) is 0 Å². The van der Waals surface area contributed by atoms with E-state index in [1.165, 1.54) is 0 Å². The lowest BCUT2D eigenvalue weighted by molar-refractivity contribution is 0.670. The highest BCUT2D eigenvalue weighted by atomic mass is 35.5. The van der Waals surface area contributed by atoms with Gasteiger partial charge in [-0.3, -0.25) is 0 Å². The Kier molecular flexibility index (Phi) is 3.38. The maximum absolute atomic E-state index is 5.90. The predicted molar refractivity (Wildman–Crippen MR) is 71.3 cm³/mol. The standard InChI is InChI=1S/C13H16ClN3/c1-9(2)13-16-5-6-17(13)8-10-3-4-11(14)12(15)7-10/h3-7,9H,8,15H2,1-2H3. The van der Waals surface area contributed by atoms with Gasteiger partial charge in [-0.15, -0.1) is 0 Å². The van der Waals surface area contributed by atoms with Crippen molar-refractivity contribution in [2.45, 2.75) is 26.3 Å². The first-order valence-corrected chi connectivity index (χ1v) is 6.00. The number of imidazole rings is 1. The molecule has 0 spiro atoms. The van der Waals surface area contributed by atoms with E-state index in [2.05, 4.69) is 23.4 Å². The fraction of sp³-hybridized carbons (Fsp3) is 0.308. The van der Waals surface area contributed by atoms with E-state index in [1.54, 1.807) is 0 Å². The van der Waals surface area contributed by atoms with E-state index in [0.29, 0.717) is 16.6 Å². The highest BCUT2D eigenvalue weighted by molar-refractivity contribution is 6.33. The summed E-state index contributed by atoms with van der Waals surface area (Å²) < 4.78 is 2.13. The summed E-state index contributed by atoms with van der Waals surface area (Å²) in [5.74, 6) is 1.49. The lowest BCUT2D eigenvalue weighted by Crippen LogP contribution is -2.06. The number of hydrogen-bond acceptors (Lipinski definition) is 2. The summed E-state index contributed by atoms with van der Waals surface area (Å²) in [5.41, 5.74) is 7.54. The van der Waals surface area contributed by atoms with Crippen molar-refractivity contribution >= 4 is 17.3 Å². The van der Waals surface area contributed by atoms with Crippen LogP contribution in [-0.4, -0.2) is 9.55 Å². The molecule has 90 valence electrons. The minimum atomic E-state index is 0.412. The van der Waals surface area contributed by atoms with E-state index in [0.717, 1.165) is 17.9 Å². The number of nitrogens with two attached hydrogens (primary N) is 1. The molecule has 0 bridgehead atoms.